The maximum absolute atomic E-state index is 13.2. The normalized spacial score (nSPS) is 12.4. The van der Waals surface area contributed by atoms with Gasteiger partial charge in [0.15, 0.2) is 0 Å². The van der Waals surface area contributed by atoms with Crippen molar-refractivity contribution >= 4 is 36.2 Å². The molecule has 0 aliphatic rings. The molecule has 0 aliphatic carbocycles. The van der Waals surface area contributed by atoms with Gasteiger partial charge < -0.3 is 16.0 Å². The van der Waals surface area contributed by atoms with Crippen molar-refractivity contribution in [2.45, 2.75) is 24.8 Å². The molecule has 0 saturated heterocycles. The molecule has 4 rings (SSSR count). The molecule has 0 spiro atoms. The second-order valence-corrected chi connectivity index (χ2v) is 12.1. The molecule has 5 nitrogen and oxygen atoms in total. The van der Waals surface area contributed by atoms with Crippen LogP contribution < -0.4 is 26.6 Å². The Kier molecular flexibility index (Phi) is 10.7. The van der Waals surface area contributed by atoms with Crippen molar-refractivity contribution in [3.05, 3.63) is 126 Å². The van der Waals surface area contributed by atoms with Crippen LogP contribution in [0.1, 0.15) is 16.7 Å². The van der Waals surface area contributed by atoms with E-state index in [0.717, 1.165) is 16.2 Å². The van der Waals surface area contributed by atoms with Gasteiger partial charge in [-0.3, -0.25) is 4.79 Å². The molecular formula is C32H28F6N3O2P. The number of halogens is 6. The number of carbonyl (C=O) groups excluding carboxylic acids is 2. The van der Waals surface area contributed by atoms with E-state index in [-0.39, 0.29) is 12.1 Å². The van der Waals surface area contributed by atoms with Gasteiger partial charge in [0.2, 0.25) is 5.91 Å². The summed E-state index contributed by atoms with van der Waals surface area (Å²) in [5.74, 6) is -0.572. The van der Waals surface area contributed by atoms with Crippen molar-refractivity contribution in [2.75, 3.05) is 18.0 Å². The van der Waals surface area contributed by atoms with E-state index in [9.17, 15) is 35.9 Å². The van der Waals surface area contributed by atoms with Crippen LogP contribution in [0, 0.1) is 0 Å². The van der Waals surface area contributed by atoms with Gasteiger partial charge in [-0.25, -0.2) is 4.79 Å². The Hall–Kier alpha value is -4.37. The Morgan fingerprint density at radius 1 is 0.682 bits per heavy atom. The minimum atomic E-state index is -5.07. The number of nitrogens with one attached hydrogen (secondary N) is 3. The zero-order valence-electron chi connectivity index (χ0n) is 23.1. The highest BCUT2D eigenvalue weighted by Gasteiger charge is 2.37. The first-order valence-electron chi connectivity index (χ1n) is 13.4. The lowest BCUT2D eigenvalue weighted by molar-refractivity contribution is -0.143. The van der Waals surface area contributed by atoms with E-state index >= 15 is 0 Å². The van der Waals surface area contributed by atoms with Crippen LogP contribution in [0.25, 0.3) is 0 Å². The number of urea groups is 1. The second kappa shape index (κ2) is 14.4. The summed E-state index contributed by atoms with van der Waals surface area (Å²) in [7, 11) is -0.896. The highest BCUT2D eigenvalue weighted by Crippen LogP contribution is 2.38. The zero-order chi connectivity index (χ0) is 31.7. The number of amides is 3. The lowest BCUT2D eigenvalue weighted by Crippen LogP contribution is -2.45. The predicted octanol–water partition coefficient (Wildman–Crippen LogP) is 6.71. The Morgan fingerprint density at radius 3 is 1.64 bits per heavy atom. The number of hydrogen-bond acceptors (Lipinski definition) is 2. The number of hydrogen-bond donors (Lipinski definition) is 3. The van der Waals surface area contributed by atoms with Crippen molar-refractivity contribution < 1.29 is 35.9 Å². The zero-order valence-corrected chi connectivity index (χ0v) is 24.0. The molecule has 3 N–H and O–H groups in total. The van der Waals surface area contributed by atoms with Crippen LogP contribution >= 0.6 is 7.92 Å². The van der Waals surface area contributed by atoms with Crippen LogP contribution in [0.15, 0.2) is 109 Å². The first-order valence-corrected chi connectivity index (χ1v) is 15.0. The SMILES string of the molecule is O=C(CNC(=O)Nc1cc(C(F)(F)F)cc(C(F)(F)F)c1)N[C@@H](Cc1ccccc1)CP(c1ccccc1)c1ccccc1. The highest BCUT2D eigenvalue weighted by atomic mass is 31.1. The van der Waals surface area contributed by atoms with Gasteiger partial charge in [-0.1, -0.05) is 91.0 Å². The Bertz CT molecular complexity index is 1460. The van der Waals surface area contributed by atoms with E-state index < -0.39 is 55.6 Å². The van der Waals surface area contributed by atoms with E-state index in [1.54, 1.807) is 0 Å². The van der Waals surface area contributed by atoms with Crippen LogP contribution in [0.2, 0.25) is 0 Å². The summed E-state index contributed by atoms with van der Waals surface area (Å²) in [6.07, 6.45) is -9.08. The molecule has 1 atom stereocenters. The summed E-state index contributed by atoms with van der Waals surface area (Å²) in [4.78, 5) is 25.4. The topological polar surface area (TPSA) is 70.2 Å². The van der Waals surface area contributed by atoms with Crippen molar-refractivity contribution in [3.8, 4) is 0 Å². The molecule has 3 amide bonds. The highest BCUT2D eigenvalue weighted by molar-refractivity contribution is 7.73. The summed E-state index contributed by atoms with van der Waals surface area (Å²) in [6.45, 7) is -0.559. The van der Waals surface area contributed by atoms with E-state index in [4.69, 9.17) is 0 Å². The predicted molar refractivity (Wildman–Crippen MR) is 159 cm³/mol. The molecule has 12 heteroatoms. The summed E-state index contributed by atoms with van der Waals surface area (Å²) < 4.78 is 79.0. The fourth-order valence-corrected chi connectivity index (χ4v) is 6.94. The number of benzene rings is 4. The van der Waals surface area contributed by atoms with Crippen molar-refractivity contribution in [1.29, 1.82) is 0 Å². The summed E-state index contributed by atoms with van der Waals surface area (Å²) in [5.41, 5.74) is -2.89. The average Bonchev–Trinajstić information content (AvgIpc) is 2.99. The fourth-order valence-electron chi connectivity index (χ4n) is 4.50. The maximum atomic E-state index is 13.2. The standard InChI is InChI=1S/C32H28F6N3O2P/c33-31(34,35)23-17-24(32(36,37)38)19-25(18-23)41-30(43)39-20-29(42)40-26(16-22-10-4-1-5-11-22)21-44(27-12-6-2-7-13-27)28-14-8-3-9-15-28/h1-15,17-19,26H,16,20-21H2,(H,40,42)(H2,39,41,43)/t26-/m0/s1. The third-order valence-electron chi connectivity index (χ3n) is 6.48. The largest absolute Gasteiger partial charge is 0.416 e. The van der Waals surface area contributed by atoms with E-state index in [0.29, 0.717) is 24.7 Å². The van der Waals surface area contributed by atoms with Crippen LogP contribution in [0.3, 0.4) is 0 Å². The van der Waals surface area contributed by atoms with Gasteiger partial charge in [-0.05, 0) is 54.9 Å². The lowest BCUT2D eigenvalue weighted by Gasteiger charge is -2.26. The lowest BCUT2D eigenvalue weighted by atomic mass is 10.1. The van der Waals surface area contributed by atoms with Gasteiger partial charge in [-0.2, -0.15) is 26.3 Å². The third kappa shape index (κ3) is 9.57. The molecule has 0 radical (unpaired) electrons. The monoisotopic (exact) mass is 631 g/mol. The quantitative estimate of drug-likeness (QED) is 0.135. The van der Waals surface area contributed by atoms with E-state index in [2.05, 4.69) is 10.6 Å². The molecule has 0 fully saturated rings. The van der Waals surface area contributed by atoms with Crippen LogP contribution in [-0.2, 0) is 23.6 Å². The van der Waals surface area contributed by atoms with Crippen molar-refractivity contribution in [1.82, 2.24) is 10.6 Å². The summed E-state index contributed by atoms with van der Waals surface area (Å²) in [5, 5.41) is 9.35. The number of alkyl halides is 6. The molecule has 44 heavy (non-hydrogen) atoms. The first kappa shape index (κ1) is 32.5. The number of carbonyl (C=O) groups is 2. The van der Waals surface area contributed by atoms with Crippen molar-refractivity contribution in [3.63, 3.8) is 0 Å². The Balaban J connectivity index is 1.47. The first-order chi connectivity index (χ1) is 20.9. The molecule has 4 aromatic rings. The van der Waals surface area contributed by atoms with Gasteiger partial charge in [0.05, 0.1) is 17.7 Å². The molecule has 4 aromatic carbocycles. The number of anilines is 1. The molecular weight excluding hydrogens is 603 g/mol. The maximum Gasteiger partial charge on any atom is 0.416 e. The Morgan fingerprint density at radius 2 is 1.16 bits per heavy atom. The summed E-state index contributed by atoms with van der Waals surface area (Å²) in [6, 6.07) is 28.5. The van der Waals surface area contributed by atoms with E-state index in [1.165, 1.54) is 0 Å². The molecule has 0 aromatic heterocycles. The Labute approximate surface area is 251 Å². The summed E-state index contributed by atoms with van der Waals surface area (Å²) >= 11 is 0. The van der Waals surface area contributed by atoms with Gasteiger partial charge in [0.1, 0.15) is 0 Å². The van der Waals surface area contributed by atoms with Crippen LogP contribution in [-0.4, -0.2) is 30.7 Å². The van der Waals surface area contributed by atoms with Gasteiger partial charge in [0.25, 0.3) is 0 Å². The average molecular weight is 632 g/mol. The molecule has 0 aliphatic heterocycles. The minimum Gasteiger partial charge on any atom is -0.351 e. The van der Waals surface area contributed by atoms with E-state index in [1.807, 2.05) is 96.3 Å². The molecule has 0 heterocycles. The van der Waals surface area contributed by atoms with Crippen LogP contribution in [0.5, 0.6) is 0 Å². The molecule has 0 unspecified atom stereocenters. The third-order valence-corrected chi connectivity index (χ3v) is 9.13. The van der Waals surface area contributed by atoms with Crippen LogP contribution in [0.4, 0.5) is 36.8 Å². The number of rotatable bonds is 10. The molecule has 230 valence electrons. The smallest absolute Gasteiger partial charge is 0.351 e. The molecule has 0 saturated carbocycles. The van der Waals surface area contributed by atoms with Crippen molar-refractivity contribution in [2.24, 2.45) is 0 Å². The second-order valence-electron chi connectivity index (χ2n) is 9.84. The van der Waals surface area contributed by atoms with Gasteiger partial charge in [-0.15, -0.1) is 0 Å². The van der Waals surface area contributed by atoms with Gasteiger partial charge >= 0.3 is 18.4 Å². The molecule has 0 bridgehead atoms. The fraction of sp³-hybridized carbons (Fsp3) is 0.188. The minimum absolute atomic E-state index is 0.0386. The van der Waals surface area contributed by atoms with Gasteiger partial charge in [0, 0.05) is 11.7 Å².